The molecule has 1 amide bonds. The SMILES string of the molecule is CCCNC(=O)Cc1c(C)[nH]n(-c2nc(-c3ccc(C)cc3)cs2)c1=O. The maximum atomic E-state index is 12.7. The number of hydrogen-bond acceptors (Lipinski definition) is 4. The fourth-order valence-electron chi connectivity index (χ4n) is 2.64. The van der Waals surface area contributed by atoms with E-state index in [0.29, 0.717) is 22.9 Å². The summed E-state index contributed by atoms with van der Waals surface area (Å²) in [5.41, 5.74) is 3.96. The molecule has 2 aromatic heterocycles. The zero-order valence-corrected chi connectivity index (χ0v) is 15.9. The Morgan fingerprint density at radius 1 is 1.27 bits per heavy atom. The minimum absolute atomic E-state index is 0.0738. The van der Waals surface area contributed by atoms with Gasteiger partial charge in [0.25, 0.3) is 5.56 Å². The number of nitrogens with one attached hydrogen (secondary N) is 2. The molecule has 0 unspecified atom stereocenters. The van der Waals surface area contributed by atoms with Crippen LogP contribution in [0.4, 0.5) is 0 Å². The standard InChI is InChI=1S/C19H22N4O2S/c1-4-9-20-17(24)10-15-13(3)22-23(18(15)25)19-21-16(11-26-19)14-7-5-12(2)6-8-14/h5-8,11,22H,4,9-10H2,1-3H3,(H,20,24). The van der Waals surface area contributed by atoms with Crippen molar-refractivity contribution in [3.8, 4) is 16.4 Å². The zero-order chi connectivity index (χ0) is 18.7. The summed E-state index contributed by atoms with van der Waals surface area (Å²) in [5.74, 6) is -0.141. The molecule has 0 aliphatic rings. The molecule has 7 heteroatoms. The highest BCUT2D eigenvalue weighted by atomic mass is 32.1. The van der Waals surface area contributed by atoms with Crippen LogP contribution in [0, 0.1) is 13.8 Å². The number of aromatic amines is 1. The highest BCUT2D eigenvalue weighted by Crippen LogP contribution is 2.23. The maximum Gasteiger partial charge on any atom is 0.277 e. The molecule has 2 heterocycles. The molecule has 0 aliphatic heterocycles. The van der Waals surface area contributed by atoms with Crippen molar-refractivity contribution >= 4 is 17.2 Å². The van der Waals surface area contributed by atoms with Crippen molar-refractivity contribution in [1.82, 2.24) is 20.1 Å². The summed E-state index contributed by atoms with van der Waals surface area (Å²) in [6, 6.07) is 8.10. The van der Waals surface area contributed by atoms with E-state index >= 15 is 0 Å². The first-order chi connectivity index (χ1) is 12.5. The van der Waals surface area contributed by atoms with E-state index in [9.17, 15) is 9.59 Å². The van der Waals surface area contributed by atoms with E-state index in [1.54, 1.807) is 6.92 Å². The molecule has 6 nitrogen and oxygen atoms in total. The van der Waals surface area contributed by atoms with Gasteiger partial charge in [-0.15, -0.1) is 11.3 Å². The van der Waals surface area contributed by atoms with Crippen molar-refractivity contribution in [2.45, 2.75) is 33.6 Å². The largest absolute Gasteiger partial charge is 0.356 e. The fraction of sp³-hybridized carbons (Fsp3) is 0.316. The molecule has 0 bridgehead atoms. The summed E-state index contributed by atoms with van der Waals surface area (Å²) in [6.07, 6.45) is 0.938. The summed E-state index contributed by atoms with van der Waals surface area (Å²) in [6.45, 7) is 6.44. The lowest BCUT2D eigenvalue weighted by Crippen LogP contribution is -2.28. The second-order valence-electron chi connectivity index (χ2n) is 6.26. The number of thiazole rings is 1. The summed E-state index contributed by atoms with van der Waals surface area (Å²) < 4.78 is 1.42. The van der Waals surface area contributed by atoms with Gasteiger partial charge in [-0.2, -0.15) is 4.68 Å². The number of carbonyl (C=O) groups excluding carboxylic acids is 1. The molecular formula is C19H22N4O2S. The van der Waals surface area contributed by atoms with E-state index in [0.717, 1.165) is 17.7 Å². The molecule has 26 heavy (non-hydrogen) atoms. The first kappa shape index (κ1) is 18.1. The predicted molar refractivity (Wildman–Crippen MR) is 104 cm³/mol. The number of aromatic nitrogens is 3. The Labute approximate surface area is 155 Å². The Kier molecular flexibility index (Phi) is 5.37. The average Bonchev–Trinajstić information content (AvgIpc) is 3.21. The van der Waals surface area contributed by atoms with Gasteiger partial charge in [0.2, 0.25) is 11.0 Å². The molecule has 136 valence electrons. The highest BCUT2D eigenvalue weighted by molar-refractivity contribution is 7.12. The van der Waals surface area contributed by atoms with Crippen LogP contribution in [0.3, 0.4) is 0 Å². The molecule has 0 spiro atoms. The number of aryl methyl sites for hydroxylation is 2. The number of rotatable bonds is 6. The molecule has 1 aromatic carbocycles. The number of carbonyl (C=O) groups is 1. The average molecular weight is 370 g/mol. The van der Waals surface area contributed by atoms with Gasteiger partial charge in [0.15, 0.2) is 0 Å². The van der Waals surface area contributed by atoms with Crippen molar-refractivity contribution in [3.05, 3.63) is 56.8 Å². The van der Waals surface area contributed by atoms with Gasteiger partial charge in [0, 0.05) is 28.7 Å². The lowest BCUT2D eigenvalue weighted by Gasteiger charge is -2.01. The van der Waals surface area contributed by atoms with Gasteiger partial charge in [-0.05, 0) is 20.3 Å². The Morgan fingerprint density at radius 3 is 2.69 bits per heavy atom. The Bertz CT molecular complexity index is 966. The minimum atomic E-state index is -0.223. The number of hydrogen-bond donors (Lipinski definition) is 2. The topological polar surface area (TPSA) is 79.8 Å². The van der Waals surface area contributed by atoms with E-state index in [-0.39, 0.29) is 17.9 Å². The van der Waals surface area contributed by atoms with Crippen molar-refractivity contribution in [3.63, 3.8) is 0 Å². The van der Waals surface area contributed by atoms with Gasteiger partial charge in [0.1, 0.15) is 0 Å². The van der Waals surface area contributed by atoms with Gasteiger partial charge in [0.05, 0.1) is 12.1 Å². The zero-order valence-electron chi connectivity index (χ0n) is 15.1. The van der Waals surface area contributed by atoms with Crippen molar-refractivity contribution < 1.29 is 4.79 Å². The second-order valence-corrected chi connectivity index (χ2v) is 7.10. The Hall–Kier alpha value is -2.67. The van der Waals surface area contributed by atoms with Gasteiger partial charge in [-0.3, -0.25) is 14.7 Å². The van der Waals surface area contributed by atoms with Crippen LogP contribution in [-0.2, 0) is 11.2 Å². The molecule has 0 fully saturated rings. The molecule has 0 saturated heterocycles. The molecule has 2 N–H and O–H groups in total. The van der Waals surface area contributed by atoms with E-state index in [1.807, 2.05) is 43.5 Å². The Morgan fingerprint density at radius 2 is 2.00 bits per heavy atom. The van der Waals surface area contributed by atoms with E-state index in [4.69, 9.17) is 0 Å². The molecule has 0 aliphatic carbocycles. The molecule has 0 saturated carbocycles. The van der Waals surface area contributed by atoms with Gasteiger partial charge >= 0.3 is 0 Å². The van der Waals surface area contributed by atoms with Crippen LogP contribution in [0.2, 0.25) is 0 Å². The lowest BCUT2D eigenvalue weighted by molar-refractivity contribution is -0.120. The third kappa shape index (κ3) is 3.77. The fourth-order valence-corrected chi connectivity index (χ4v) is 3.43. The van der Waals surface area contributed by atoms with E-state index < -0.39 is 0 Å². The summed E-state index contributed by atoms with van der Waals surface area (Å²) in [4.78, 5) is 29.2. The van der Waals surface area contributed by atoms with Crippen molar-refractivity contribution in [2.75, 3.05) is 6.54 Å². The number of nitrogens with zero attached hydrogens (tertiary/aromatic N) is 2. The molecule has 3 rings (SSSR count). The maximum absolute atomic E-state index is 12.7. The van der Waals surface area contributed by atoms with Crippen LogP contribution >= 0.6 is 11.3 Å². The Balaban J connectivity index is 1.86. The first-order valence-corrected chi connectivity index (χ1v) is 9.47. The first-order valence-electron chi connectivity index (χ1n) is 8.59. The van der Waals surface area contributed by atoms with E-state index in [1.165, 1.54) is 21.6 Å². The normalized spacial score (nSPS) is 10.9. The van der Waals surface area contributed by atoms with E-state index in [2.05, 4.69) is 15.4 Å². The van der Waals surface area contributed by atoms with Crippen LogP contribution in [0.15, 0.2) is 34.4 Å². The second kappa shape index (κ2) is 7.70. The number of benzene rings is 1. The van der Waals surface area contributed by atoms with Crippen LogP contribution in [0.1, 0.15) is 30.2 Å². The van der Waals surface area contributed by atoms with Crippen molar-refractivity contribution in [1.29, 1.82) is 0 Å². The predicted octanol–water partition coefficient (Wildman–Crippen LogP) is 2.97. The van der Waals surface area contributed by atoms with Crippen LogP contribution in [0.5, 0.6) is 0 Å². The summed E-state index contributed by atoms with van der Waals surface area (Å²) >= 11 is 1.39. The third-order valence-electron chi connectivity index (χ3n) is 4.13. The summed E-state index contributed by atoms with van der Waals surface area (Å²) in [5, 5.41) is 8.33. The minimum Gasteiger partial charge on any atom is -0.356 e. The highest BCUT2D eigenvalue weighted by Gasteiger charge is 2.17. The quantitative estimate of drug-likeness (QED) is 0.700. The van der Waals surface area contributed by atoms with Gasteiger partial charge < -0.3 is 5.32 Å². The van der Waals surface area contributed by atoms with Gasteiger partial charge in [-0.25, -0.2) is 4.98 Å². The summed E-state index contributed by atoms with van der Waals surface area (Å²) in [7, 11) is 0. The molecule has 3 aromatic rings. The molecule has 0 atom stereocenters. The molecular weight excluding hydrogens is 348 g/mol. The lowest BCUT2D eigenvalue weighted by atomic mass is 10.1. The number of H-pyrrole nitrogens is 1. The monoisotopic (exact) mass is 370 g/mol. The number of amides is 1. The molecule has 0 radical (unpaired) electrons. The third-order valence-corrected chi connectivity index (χ3v) is 4.96. The van der Waals surface area contributed by atoms with Crippen LogP contribution < -0.4 is 10.9 Å². The van der Waals surface area contributed by atoms with Crippen LogP contribution in [-0.4, -0.2) is 27.2 Å². The smallest absolute Gasteiger partial charge is 0.277 e. The van der Waals surface area contributed by atoms with Crippen molar-refractivity contribution in [2.24, 2.45) is 0 Å². The van der Waals surface area contributed by atoms with Crippen LogP contribution in [0.25, 0.3) is 16.4 Å². The van der Waals surface area contributed by atoms with Gasteiger partial charge in [-0.1, -0.05) is 36.8 Å².